The number of aliphatic hydroxyl groups is 1. The molecule has 8 heteroatoms. The first-order valence-electron chi connectivity index (χ1n) is 13.6. The molecule has 3 atom stereocenters. The van der Waals surface area contributed by atoms with Gasteiger partial charge in [-0.25, -0.2) is 4.98 Å². The van der Waals surface area contributed by atoms with E-state index in [1.807, 2.05) is 85.5 Å². The predicted octanol–water partition coefficient (Wildman–Crippen LogP) is 3.90. The summed E-state index contributed by atoms with van der Waals surface area (Å²) in [6.07, 6.45) is 0. The van der Waals surface area contributed by atoms with Crippen molar-refractivity contribution in [2.45, 2.75) is 31.0 Å². The highest BCUT2D eigenvalue weighted by molar-refractivity contribution is 5.66. The number of benzene rings is 3. The number of nitrogens with zero attached hydrogens (tertiary/aromatic N) is 2. The Kier molecular flexibility index (Phi) is 5.56. The fourth-order valence-electron chi connectivity index (χ4n) is 6.93. The van der Waals surface area contributed by atoms with E-state index in [1.165, 1.54) is 0 Å². The zero-order valence-electron chi connectivity index (χ0n) is 22.7. The molecular formula is C32H31N3O5. The van der Waals surface area contributed by atoms with Crippen LogP contribution in [0, 0.1) is 13.8 Å². The van der Waals surface area contributed by atoms with Gasteiger partial charge in [0.2, 0.25) is 5.95 Å². The van der Waals surface area contributed by atoms with Gasteiger partial charge >= 0.3 is 0 Å². The van der Waals surface area contributed by atoms with Gasteiger partial charge in [0, 0.05) is 24.2 Å². The van der Waals surface area contributed by atoms with Crippen molar-refractivity contribution in [1.82, 2.24) is 9.97 Å². The first kappa shape index (κ1) is 24.9. The van der Waals surface area contributed by atoms with Crippen molar-refractivity contribution in [1.29, 1.82) is 0 Å². The van der Waals surface area contributed by atoms with Crippen LogP contribution < -0.4 is 19.9 Å². The van der Waals surface area contributed by atoms with E-state index in [1.54, 1.807) is 7.11 Å². The first-order valence-corrected chi connectivity index (χ1v) is 13.6. The average molecular weight is 538 g/mol. The molecule has 1 aliphatic carbocycles. The second-order valence-electron chi connectivity index (χ2n) is 10.8. The van der Waals surface area contributed by atoms with Crippen LogP contribution in [-0.2, 0) is 15.9 Å². The van der Waals surface area contributed by atoms with Crippen molar-refractivity contribution in [2.75, 3.05) is 38.3 Å². The van der Waals surface area contributed by atoms with Crippen LogP contribution in [0.2, 0.25) is 0 Å². The first-order chi connectivity index (χ1) is 19.4. The molecule has 8 nitrogen and oxygen atoms in total. The van der Waals surface area contributed by atoms with Gasteiger partial charge in [0.05, 0.1) is 37.5 Å². The van der Waals surface area contributed by atoms with E-state index in [0.717, 1.165) is 22.3 Å². The van der Waals surface area contributed by atoms with Crippen LogP contribution in [0.25, 0.3) is 0 Å². The summed E-state index contributed by atoms with van der Waals surface area (Å²) in [7, 11) is 1.62. The van der Waals surface area contributed by atoms with Crippen LogP contribution in [-0.4, -0.2) is 48.5 Å². The average Bonchev–Trinajstić information content (AvgIpc) is 3.36. The molecule has 0 amide bonds. The maximum absolute atomic E-state index is 14.1. The number of rotatable bonds is 4. The molecule has 1 saturated heterocycles. The number of H-pyrrole nitrogens is 1. The molecule has 7 rings (SSSR count). The lowest BCUT2D eigenvalue weighted by molar-refractivity contribution is -0.0906. The smallest absolute Gasteiger partial charge is 0.256 e. The lowest BCUT2D eigenvalue weighted by atomic mass is 9.69. The standard InChI is InChI=1S/C32H31N3O5/c1-19-17-20(2)26-24(18-19)40-32(22-9-11-23(38-3)12-10-22)27(21-7-5-4-6-8-21)25-28(31(26,32)37)33-30(34-29(25)36)35-13-15-39-16-14-35/h4-12,17-18,27,37H,13-16H2,1-3H3,(H,33,34,36)/t27-,31+,32+/m1/s1. The number of anilines is 1. The maximum Gasteiger partial charge on any atom is 0.256 e. The highest BCUT2D eigenvalue weighted by Crippen LogP contribution is 2.68. The molecule has 2 N–H and O–H groups in total. The fraction of sp³-hybridized carbons (Fsp3) is 0.312. The zero-order valence-corrected chi connectivity index (χ0v) is 22.7. The Morgan fingerprint density at radius 2 is 1.77 bits per heavy atom. The SMILES string of the molecule is COc1ccc([C@@]23Oc4cc(C)cc(C)c4[C@]2(O)c2nc(N4CCOCC4)[nH]c(=O)c2[C@H]3c2ccccc2)cc1. The molecule has 0 saturated carbocycles. The molecule has 40 heavy (non-hydrogen) atoms. The summed E-state index contributed by atoms with van der Waals surface area (Å²) in [4.78, 5) is 24.2. The molecule has 204 valence electrons. The number of morpholine rings is 1. The second kappa shape index (κ2) is 8.94. The normalized spacial score (nSPS) is 24.7. The van der Waals surface area contributed by atoms with E-state index in [9.17, 15) is 9.90 Å². The highest BCUT2D eigenvalue weighted by atomic mass is 16.5. The van der Waals surface area contributed by atoms with Gasteiger partial charge < -0.3 is 24.2 Å². The van der Waals surface area contributed by atoms with Crippen LogP contribution in [0.4, 0.5) is 5.95 Å². The molecule has 0 spiro atoms. The number of hydrogen-bond donors (Lipinski definition) is 2. The number of ether oxygens (including phenoxy) is 3. The molecule has 4 aromatic rings. The third kappa shape index (κ3) is 3.26. The Hall–Kier alpha value is -4.14. The van der Waals surface area contributed by atoms with Gasteiger partial charge in [0.15, 0.2) is 11.2 Å². The summed E-state index contributed by atoms with van der Waals surface area (Å²) >= 11 is 0. The fourth-order valence-corrected chi connectivity index (χ4v) is 6.93. The van der Waals surface area contributed by atoms with Crippen molar-refractivity contribution < 1.29 is 19.3 Å². The molecule has 3 aromatic carbocycles. The summed E-state index contributed by atoms with van der Waals surface area (Å²) in [6.45, 7) is 6.25. The lowest BCUT2D eigenvalue weighted by Gasteiger charge is -2.40. The number of aromatic amines is 1. The minimum Gasteiger partial charge on any atom is -0.497 e. The van der Waals surface area contributed by atoms with Crippen molar-refractivity contribution >= 4 is 5.95 Å². The van der Waals surface area contributed by atoms with Crippen molar-refractivity contribution in [3.05, 3.63) is 116 Å². The number of hydrogen-bond acceptors (Lipinski definition) is 7. The largest absolute Gasteiger partial charge is 0.497 e. The summed E-state index contributed by atoms with van der Waals surface area (Å²) in [6, 6.07) is 21.3. The predicted molar refractivity (Wildman–Crippen MR) is 150 cm³/mol. The molecular weight excluding hydrogens is 506 g/mol. The number of aryl methyl sites for hydroxylation is 2. The highest BCUT2D eigenvalue weighted by Gasteiger charge is 2.73. The van der Waals surface area contributed by atoms with Crippen molar-refractivity contribution in [3.8, 4) is 11.5 Å². The monoisotopic (exact) mass is 537 g/mol. The van der Waals surface area contributed by atoms with E-state index < -0.39 is 17.1 Å². The Bertz CT molecular complexity index is 1660. The molecule has 0 bridgehead atoms. The van der Waals surface area contributed by atoms with E-state index in [2.05, 4.69) is 4.98 Å². The van der Waals surface area contributed by atoms with Gasteiger partial charge in [-0.05, 0) is 48.7 Å². The summed E-state index contributed by atoms with van der Waals surface area (Å²) in [5.41, 5.74) is 1.42. The molecule has 0 unspecified atom stereocenters. The van der Waals surface area contributed by atoms with Crippen LogP contribution in [0.1, 0.15) is 45.0 Å². The minimum atomic E-state index is -1.75. The summed E-state index contributed by atoms with van der Waals surface area (Å²) in [5, 5.41) is 13.3. The Balaban J connectivity index is 1.59. The second-order valence-corrected chi connectivity index (χ2v) is 10.8. The Morgan fingerprint density at radius 3 is 2.48 bits per heavy atom. The lowest BCUT2D eigenvalue weighted by Crippen LogP contribution is -2.49. The van der Waals surface area contributed by atoms with Gasteiger partial charge in [0.1, 0.15) is 11.5 Å². The van der Waals surface area contributed by atoms with E-state index in [0.29, 0.717) is 60.6 Å². The van der Waals surface area contributed by atoms with Gasteiger partial charge in [-0.2, -0.15) is 0 Å². The molecule has 1 fully saturated rings. The van der Waals surface area contributed by atoms with Crippen LogP contribution in [0.5, 0.6) is 11.5 Å². The Morgan fingerprint density at radius 1 is 1.05 bits per heavy atom. The third-order valence-electron chi connectivity index (χ3n) is 8.56. The van der Waals surface area contributed by atoms with Crippen LogP contribution in [0.15, 0.2) is 71.5 Å². The molecule has 1 aromatic heterocycles. The van der Waals surface area contributed by atoms with E-state index in [-0.39, 0.29) is 5.56 Å². The van der Waals surface area contributed by atoms with Gasteiger partial charge in [0.25, 0.3) is 5.56 Å². The van der Waals surface area contributed by atoms with Crippen LogP contribution in [0.3, 0.4) is 0 Å². The van der Waals surface area contributed by atoms with Crippen molar-refractivity contribution in [2.24, 2.45) is 0 Å². The quantitative estimate of drug-likeness (QED) is 0.408. The van der Waals surface area contributed by atoms with Gasteiger partial charge in [-0.1, -0.05) is 48.5 Å². The van der Waals surface area contributed by atoms with Crippen molar-refractivity contribution in [3.63, 3.8) is 0 Å². The van der Waals surface area contributed by atoms with E-state index >= 15 is 0 Å². The number of fused-ring (bicyclic) bond motifs is 5. The van der Waals surface area contributed by atoms with Gasteiger partial charge in [-0.15, -0.1) is 0 Å². The summed E-state index contributed by atoms with van der Waals surface area (Å²) in [5.74, 6) is 1.06. The number of methoxy groups -OCH3 is 1. The topological polar surface area (TPSA) is 96.9 Å². The zero-order chi connectivity index (χ0) is 27.6. The molecule has 3 heterocycles. The molecule has 2 aliphatic heterocycles. The molecule has 0 radical (unpaired) electrons. The minimum absolute atomic E-state index is 0.286. The number of aromatic nitrogens is 2. The van der Waals surface area contributed by atoms with E-state index in [4.69, 9.17) is 19.2 Å². The Labute approximate surface area is 232 Å². The summed E-state index contributed by atoms with van der Waals surface area (Å²) < 4.78 is 18.0. The molecule has 3 aliphatic rings. The maximum atomic E-state index is 14.1. The number of nitrogens with one attached hydrogen (secondary N) is 1. The third-order valence-corrected chi connectivity index (χ3v) is 8.56. The van der Waals surface area contributed by atoms with Gasteiger partial charge in [-0.3, -0.25) is 9.78 Å². The van der Waals surface area contributed by atoms with Crippen LogP contribution >= 0.6 is 0 Å².